The van der Waals surface area contributed by atoms with Gasteiger partial charge in [-0.25, -0.2) is 14.4 Å². The van der Waals surface area contributed by atoms with Crippen LogP contribution in [-0.2, 0) is 0 Å². The molecule has 0 aliphatic heterocycles. The molecule has 1 atom stereocenters. The second-order valence-corrected chi connectivity index (χ2v) is 6.17. The Kier molecular flexibility index (Phi) is 6.32. The Labute approximate surface area is 166 Å². The molecule has 1 amide bonds. The van der Waals surface area contributed by atoms with Gasteiger partial charge in [0.1, 0.15) is 28.8 Å². The first-order valence-electron chi connectivity index (χ1n) is 8.78. The van der Waals surface area contributed by atoms with Gasteiger partial charge in [0.2, 0.25) is 0 Å². The van der Waals surface area contributed by atoms with Crippen molar-refractivity contribution in [3.05, 3.63) is 66.1 Å². The van der Waals surface area contributed by atoms with Crippen molar-refractivity contribution in [3.8, 4) is 22.9 Å². The third-order valence-corrected chi connectivity index (χ3v) is 4.00. The lowest BCUT2D eigenvalue weighted by Gasteiger charge is -2.15. The number of ether oxygens (including phenoxy) is 1. The first-order chi connectivity index (χ1) is 14.0. The number of amides is 1. The summed E-state index contributed by atoms with van der Waals surface area (Å²) in [6.45, 7) is -0.0195. The van der Waals surface area contributed by atoms with E-state index in [1.54, 1.807) is 24.3 Å². The number of aromatic nitrogens is 2. The Morgan fingerprint density at radius 2 is 1.72 bits per heavy atom. The Morgan fingerprint density at radius 3 is 2.28 bits per heavy atom. The maximum absolute atomic E-state index is 13.0. The largest absolute Gasteiger partial charge is 0.457 e. The van der Waals surface area contributed by atoms with Crippen LogP contribution in [0.2, 0.25) is 0 Å². The molecule has 6 N–H and O–H groups in total. The summed E-state index contributed by atoms with van der Waals surface area (Å²) < 4.78 is 18.6. The van der Waals surface area contributed by atoms with E-state index < -0.39 is 11.9 Å². The zero-order valence-corrected chi connectivity index (χ0v) is 15.4. The summed E-state index contributed by atoms with van der Waals surface area (Å²) in [5.74, 6) is 0.566. The standard InChI is InChI=1S/C20H20FN5O3/c21-13-3-7-16(8-4-13)29-15-5-1-12(2-6-15)20-25-17(19(23)28)9-18(26-20)24-14(10-22)11-27/h1-9,14,27H,10-11,22H2,(H2,23,28)(H,24,25,26). The zero-order valence-electron chi connectivity index (χ0n) is 15.4. The molecule has 0 spiro atoms. The maximum Gasteiger partial charge on any atom is 0.267 e. The number of halogens is 1. The van der Waals surface area contributed by atoms with Gasteiger partial charge in [-0.15, -0.1) is 0 Å². The smallest absolute Gasteiger partial charge is 0.267 e. The van der Waals surface area contributed by atoms with Crippen LogP contribution in [0.3, 0.4) is 0 Å². The van der Waals surface area contributed by atoms with Gasteiger partial charge in [0.25, 0.3) is 5.91 Å². The molecule has 29 heavy (non-hydrogen) atoms. The van der Waals surface area contributed by atoms with E-state index in [2.05, 4.69) is 15.3 Å². The zero-order chi connectivity index (χ0) is 20.8. The summed E-state index contributed by atoms with van der Waals surface area (Å²) in [4.78, 5) is 20.2. The minimum absolute atomic E-state index is 0.0258. The van der Waals surface area contributed by atoms with E-state index in [1.807, 2.05) is 0 Å². The summed E-state index contributed by atoms with van der Waals surface area (Å²) >= 11 is 0. The SMILES string of the molecule is NCC(CO)Nc1cc(C(N)=O)nc(-c2ccc(Oc3ccc(F)cc3)cc2)n1. The summed E-state index contributed by atoms with van der Waals surface area (Å²) in [5, 5.41) is 12.2. The van der Waals surface area contributed by atoms with Crippen LogP contribution in [-0.4, -0.2) is 40.2 Å². The van der Waals surface area contributed by atoms with Crippen LogP contribution in [0.15, 0.2) is 54.6 Å². The van der Waals surface area contributed by atoms with Gasteiger partial charge in [-0.1, -0.05) is 0 Å². The van der Waals surface area contributed by atoms with Gasteiger partial charge < -0.3 is 26.6 Å². The van der Waals surface area contributed by atoms with Crippen molar-refractivity contribution in [2.75, 3.05) is 18.5 Å². The maximum atomic E-state index is 13.0. The Bertz CT molecular complexity index is 976. The van der Waals surface area contributed by atoms with Gasteiger partial charge in [0.15, 0.2) is 5.82 Å². The van der Waals surface area contributed by atoms with Crippen molar-refractivity contribution in [3.63, 3.8) is 0 Å². The average Bonchev–Trinajstić information content (AvgIpc) is 2.74. The monoisotopic (exact) mass is 397 g/mol. The number of aliphatic hydroxyl groups excluding tert-OH is 1. The Balaban J connectivity index is 1.85. The molecule has 150 valence electrons. The Morgan fingerprint density at radius 1 is 1.10 bits per heavy atom. The number of carbonyl (C=O) groups is 1. The molecular formula is C20H20FN5O3. The van der Waals surface area contributed by atoms with Crippen LogP contribution < -0.4 is 21.5 Å². The molecule has 3 aromatic rings. The molecule has 3 rings (SSSR count). The highest BCUT2D eigenvalue weighted by molar-refractivity contribution is 5.92. The number of primary amides is 1. The van der Waals surface area contributed by atoms with E-state index in [9.17, 15) is 14.3 Å². The normalized spacial score (nSPS) is 11.7. The lowest BCUT2D eigenvalue weighted by atomic mass is 10.2. The molecule has 0 aliphatic rings. The van der Waals surface area contributed by atoms with Crippen molar-refractivity contribution < 1.29 is 19.0 Å². The fourth-order valence-corrected chi connectivity index (χ4v) is 2.48. The molecule has 0 radical (unpaired) electrons. The highest BCUT2D eigenvalue weighted by Gasteiger charge is 2.13. The van der Waals surface area contributed by atoms with Crippen molar-refractivity contribution in [2.45, 2.75) is 6.04 Å². The predicted octanol–water partition coefficient (Wildman–Crippen LogP) is 1.91. The third-order valence-electron chi connectivity index (χ3n) is 4.00. The third kappa shape index (κ3) is 5.24. The number of nitrogens with one attached hydrogen (secondary N) is 1. The van der Waals surface area contributed by atoms with Crippen molar-refractivity contribution in [1.82, 2.24) is 9.97 Å². The predicted molar refractivity (Wildman–Crippen MR) is 106 cm³/mol. The number of anilines is 1. The highest BCUT2D eigenvalue weighted by Crippen LogP contribution is 2.25. The van der Waals surface area contributed by atoms with Crippen LogP contribution in [0, 0.1) is 5.82 Å². The number of hydrogen-bond donors (Lipinski definition) is 4. The van der Waals surface area contributed by atoms with Gasteiger partial charge in [-0.05, 0) is 48.5 Å². The summed E-state index contributed by atoms with van der Waals surface area (Å²) in [6, 6.07) is 13.5. The second-order valence-electron chi connectivity index (χ2n) is 6.17. The lowest BCUT2D eigenvalue weighted by molar-refractivity contribution is 0.0995. The second kappa shape index (κ2) is 9.09. The summed E-state index contributed by atoms with van der Waals surface area (Å²) in [5.41, 5.74) is 11.6. The van der Waals surface area contributed by atoms with Crippen molar-refractivity contribution in [2.24, 2.45) is 11.5 Å². The fourth-order valence-electron chi connectivity index (χ4n) is 2.48. The number of aliphatic hydroxyl groups is 1. The van der Waals surface area contributed by atoms with E-state index in [0.29, 0.717) is 22.9 Å². The molecule has 9 heteroatoms. The quantitative estimate of drug-likeness (QED) is 0.456. The molecule has 0 bridgehead atoms. The van der Waals surface area contributed by atoms with Gasteiger partial charge in [-0.2, -0.15) is 0 Å². The van der Waals surface area contributed by atoms with Crippen LogP contribution in [0.1, 0.15) is 10.5 Å². The molecule has 1 unspecified atom stereocenters. The number of carbonyl (C=O) groups excluding carboxylic acids is 1. The Hall–Kier alpha value is -3.56. The van der Waals surface area contributed by atoms with Gasteiger partial charge in [0, 0.05) is 18.2 Å². The van der Waals surface area contributed by atoms with Crippen molar-refractivity contribution in [1.29, 1.82) is 0 Å². The van der Waals surface area contributed by atoms with Crippen LogP contribution in [0.25, 0.3) is 11.4 Å². The lowest BCUT2D eigenvalue weighted by Crippen LogP contribution is -2.32. The number of nitrogens with zero attached hydrogens (tertiary/aromatic N) is 2. The van der Waals surface area contributed by atoms with Gasteiger partial charge >= 0.3 is 0 Å². The average molecular weight is 397 g/mol. The number of rotatable bonds is 8. The fraction of sp³-hybridized carbons (Fsp3) is 0.150. The van der Waals surface area contributed by atoms with Crippen molar-refractivity contribution >= 4 is 11.7 Å². The number of hydrogen-bond acceptors (Lipinski definition) is 7. The summed E-state index contributed by atoms with van der Waals surface area (Å²) in [7, 11) is 0. The van der Waals surface area contributed by atoms with Crippen LogP contribution in [0.4, 0.5) is 10.2 Å². The molecule has 0 saturated heterocycles. The first-order valence-corrected chi connectivity index (χ1v) is 8.78. The molecule has 0 aliphatic carbocycles. The van der Waals surface area contributed by atoms with E-state index in [0.717, 1.165) is 0 Å². The number of benzene rings is 2. The molecular weight excluding hydrogens is 377 g/mol. The molecule has 2 aromatic carbocycles. The molecule has 1 aromatic heterocycles. The van der Waals surface area contributed by atoms with Gasteiger partial charge in [0.05, 0.1) is 12.6 Å². The topological polar surface area (TPSA) is 136 Å². The number of nitrogens with two attached hydrogens (primary N) is 2. The first kappa shape index (κ1) is 20.2. The minimum Gasteiger partial charge on any atom is -0.457 e. The minimum atomic E-state index is -0.707. The highest BCUT2D eigenvalue weighted by atomic mass is 19.1. The molecule has 8 nitrogen and oxygen atoms in total. The van der Waals surface area contributed by atoms with Crippen LogP contribution in [0.5, 0.6) is 11.5 Å². The summed E-state index contributed by atoms with van der Waals surface area (Å²) in [6.07, 6.45) is 0. The van der Waals surface area contributed by atoms with E-state index >= 15 is 0 Å². The van der Waals surface area contributed by atoms with Crippen LogP contribution >= 0.6 is 0 Å². The molecule has 0 saturated carbocycles. The van der Waals surface area contributed by atoms with Gasteiger partial charge in [-0.3, -0.25) is 4.79 Å². The van der Waals surface area contributed by atoms with E-state index in [1.165, 1.54) is 30.3 Å². The van der Waals surface area contributed by atoms with E-state index in [-0.39, 0.29) is 30.5 Å². The van der Waals surface area contributed by atoms with E-state index in [4.69, 9.17) is 16.2 Å². The molecule has 0 fully saturated rings. The molecule has 1 heterocycles.